The van der Waals surface area contributed by atoms with Crippen LogP contribution in [0.25, 0.3) is 0 Å². The molecule has 2 nitrogen and oxygen atoms in total. The van der Waals surface area contributed by atoms with Gasteiger partial charge in [-0.3, -0.25) is 4.79 Å². The van der Waals surface area contributed by atoms with Crippen molar-refractivity contribution < 1.29 is 14.3 Å². The number of carbonyl (C=O) groups is 1. The molecule has 0 saturated carbocycles. The van der Waals surface area contributed by atoms with Crippen LogP contribution in [0.2, 0.25) is 0 Å². The molecular formula is C11H11FO2. The number of ketones is 1. The van der Waals surface area contributed by atoms with E-state index in [0.29, 0.717) is 12.0 Å². The van der Waals surface area contributed by atoms with Crippen LogP contribution in [0.4, 0.5) is 4.39 Å². The van der Waals surface area contributed by atoms with E-state index >= 15 is 0 Å². The predicted octanol–water partition coefficient (Wildman–Crippen LogP) is 2.36. The van der Waals surface area contributed by atoms with Crippen LogP contribution >= 0.6 is 0 Å². The molecule has 0 fully saturated rings. The van der Waals surface area contributed by atoms with Crippen LogP contribution in [0.3, 0.4) is 0 Å². The lowest BCUT2D eigenvalue weighted by molar-refractivity contribution is 0.0971. The van der Waals surface area contributed by atoms with Crippen LogP contribution in [0.5, 0.6) is 5.75 Å². The van der Waals surface area contributed by atoms with E-state index in [-0.39, 0.29) is 17.1 Å². The molecule has 1 N–H and O–H groups in total. The zero-order chi connectivity index (χ0) is 10.3. The number of hydrogen-bond acceptors (Lipinski definition) is 2. The first-order valence-corrected chi connectivity index (χ1v) is 4.65. The SMILES string of the molecule is Cc1c(F)c(O)cc2c1C(=O)CCC2. The zero-order valence-corrected chi connectivity index (χ0v) is 7.93. The molecule has 0 atom stereocenters. The Hall–Kier alpha value is -1.38. The molecule has 2 rings (SSSR count). The van der Waals surface area contributed by atoms with E-state index in [1.165, 1.54) is 13.0 Å². The van der Waals surface area contributed by atoms with Gasteiger partial charge < -0.3 is 5.11 Å². The summed E-state index contributed by atoms with van der Waals surface area (Å²) in [5.41, 5.74) is 1.54. The Balaban J connectivity index is 2.70. The summed E-state index contributed by atoms with van der Waals surface area (Å²) in [5.74, 6) is -1.03. The number of carbonyl (C=O) groups excluding carboxylic acids is 1. The van der Waals surface area contributed by atoms with Crippen molar-refractivity contribution in [3.63, 3.8) is 0 Å². The van der Waals surface area contributed by atoms with Gasteiger partial charge in [0, 0.05) is 12.0 Å². The van der Waals surface area contributed by atoms with Crippen molar-refractivity contribution in [1.29, 1.82) is 0 Å². The number of aryl methyl sites for hydroxylation is 1. The summed E-state index contributed by atoms with van der Waals surface area (Å²) in [5, 5.41) is 9.26. The standard InChI is InChI=1S/C11H11FO2/c1-6-10-7(3-2-4-8(10)13)5-9(14)11(6)12/h5,14H,2-4H2,1H3. The van der Waals surface area contributed by atoms with Gasteiger partial charge in [0.15, 0.2) is 17.3 Å². The van der Waals surface area contributed by atoms with Crippen LogP contribution < -0.4 is 0 Å². The third-order valence-electron chi connectivity index (χ3n) is 2.69. The average Bonchev–Trinajstić information content (AvgIpc) is 2.14. The van der Waals surface area contributed by atoms with E-state index < -0.39 is 5.82 Å². The van der Waals surface area contributed by atoms with Crippen LogP contribution in [-0.2, 0) is 6.42 Å². The number of aromatic hydroxyl groups is 1. The van der Waals surface area contributed by atoms with E-state index in [9.17, 15) is 14.3 Å². The van der Waals surface area contributed by atoms with Gasteiger partial charge in [0.25, 0.3) is 0 Å². The van der Waals surface area contributed by atoms with Crippen LogP contribution in [0, 0.1) is 12.7 Å². The fourth-order valence-electron chi connectivity index (χ4n) is 1.99. The van der Waals surface area contributed by atoms with Crippen molar-refractivity contribution in [3.8, 4) is 5.75 Å². The second-order valence-corrected chi connectivity index (χ2v) is 3.65. The molecular weight excluding hydrogens is 183 g/mol. The molecule has 1 aromatic carbocycles. The Labute approximate surface area is 81.4 Å². The number of rotatable bonds is 0. The number of hydrogen-bond donors (Lipinski definition) is 1. The van der Waals surface area contributed by atoms with Gasteiger partial charge in [0.05, 0.1) is 0 Å². The highest BCUT2D eigenvalue weighted by Gasteiger charge is 2.23. The number of Topliss-reactive ketones (excluding diaryl/α,β-unsaturated/α-hetero) is 1. The maximum Gasteiger partial charge on any atom is 0.168 e. The average molecular weight is 194 g/mol. The molecule has 14 heavy (non-hydrogen) atoms. The molecule has 1 aromatic rings. The largest absolute Gasteiger partial charge is 0.505 e. The third kappa shape index (κ3) is 1.20. The molecule has 1 aliphatic rings. The van der Waals surface area contributed by atoms with Gasteiger partial charge in [-0.1, -0.05) is 0 Å². The summed E-state index contributed by atoms with van der Waals surface area (Å²) in [6.07, 6.45) is 2.02. The topological polar surface area (TPSA) is 37.3 Å². The van der Waals surface area contributed by atoms with Crippen LogP contribution in [0.1, 0.15) is 34.3 Å². The Bertz CT molecular complexity index is 410. The van der Waals surface area contributed by atoms with Crippen molar-refractivity contribution in [2.45, 2.75) is 26.2 Å². The summed E-state index contributed by atoms with van der Waals surface area (Å²) in [7, 11) is 0. The molecule has 0 aliphatic heterocycles. The van der Waals surface area contributed by atoms with Crippen molar-refractivity contribution in [3.05, 3.63) is 28.6 Å². The summed E-state index contributed by atoms with van der Waals surface area (Å²) in [4.78, 5) is 11.5. The van der Waals surface area contributed by atoms with Crippen molar-refractivity contribution >= 4 is 5.78 Å². The van der Waals surface area contributed by atoms with Gasteiger partial charge in [-0.2, -0.15) is 0 Å². The van der Waals surface area contributed by atoms with Crippen molar-refractivity contribution in [2.24, 2.45) is 0 Å². The van der Waals surface area contributed by atoms with Gasteiger partial charge in [-0.25, -0.2) is 4.39 Å². The fraction of sp³-hybridized carbons (Fsp3) is 0.364. The third-order valence-corrected chi connectivity index (χ3v) is 2.69. The first-order valence-electron chi connectivity index (χ1n) is 4.65. The lowest BCUT2D eigenvalue weighted by atomic mass is 9.87. The molecule has 1 aliphatic carbocycles. The number of fused-ring (bicyclic) bond motifs is 1. The summed E-state index contributed by atoms with van der Waals surface area (Å²) in [6, 6.07) is 1.37. The van der Waals surface area contributed by atoms with E-state index in [2.05, 4.69) is 0 Å². The lowest BCUT2D eigenvalue weighted by Gasteiger charge is -2.17. The van der Waals surface area contributed by atoms with E-state index in [0.717, 1.165) is 18.4 Å². The molecule has 0 bridgehead atoms. The smallest absolute Gasteiger partial charge is 0.168 e. The van der Waals surface area contributed by atoms with Gasteiger partial charge >= 0.3 is 0 Å². The Kier molecular flexibility index (Phi) is 2.02. The number of phenolic OH excluding ortho intramolecular Hbond substituents is 1. The molecule has 0 amide bonds. The first-order chi connectivity index (χ1) is 6.61. The molecule has 3 heteroatoms. The fourth-order valence-corrected chi connectivity index (χ4v) is 1.99. The normalized spacial score (nSPS) is 15.4. The minimum Gasteiger partial charge on any atom is -0.505 e. The molecule has 0 unspecified atom stereocenters. The van der Waals surface area contributed by atoms with E-state index in [1.807, 2.05) is 0 Å². The van der Waals surface area contributed by atoms with Gasteiger partial charge in [-0.15, -0.1) is 0 Å². The van der Waals surface area contributed by atoms with Gasteiger partial charge in [0.1, 0.15) is 0 Å². The maximum atomic E-state index is 13.3. The molecule has 0 spiro atoms. The Morgan fingerprint density at radius 3 is 2.86 bits per heavy atom. The van der Waals surface area contributed by atoms with E-state index in [1.54, 1.807) is 0 Å². The summed E-state index contributed by atoms with van der Waals surface area (Å²) in [6.45, 7) is 1.54. The Morgan fingerprint density at radius 2 is 2.14 bits per heavy atom. The van der Waals surface area contributed by atoms with Crippen LogP contribution in [-0.4, -0.2) is 10.9 Å². The molecule has 0 heterocycles. The quantitative estimate of drug-likeness (QED) is 0.688. The minimum atomic E-state index is -0.668. The zero-order valence-electron chi connectivity index (χ0n) is 7.93. The lowest BCUT2D eigenvalue weighted by Crippen LogP contribution is -2.13. The van der Waals surface area contributed by atoms with Crippen LogP contribution in [0.15, 0.2) is 6.07 Å². The second-order valence-electron chi connectivity index (χ2n) is 3.65. The number of benzene rings is 1. The number of halogens is 1. The van der Waals surface area contributed by atoms with E-state index in [4.69, 9.17) is 0 Å². The first kappa shape index (κ1) is 9.19. The highest BCUT2D eigenvalue weighted by Crippen LogP contribution is 2.31. The summed E-state index contributed by atoms with van der Waals surface area (Å²) >= 11 is 0. The molecule has 74 valence electrons. The molecule has 0 saturated heterocycles. The molecule has 0 aromatic heterocycles. The second kappa shape index (κ2) is 3.08. The highest BCUT2D eigenvalue weighted by molar-refractivity contribution is 6.00. The van der Waals surface area contributed by atoms with Crippen molar-refractivity contribution in [2.75, 3.05) is 0 Å². The Morgan fingerprint density at radius 1 is 1.43 bits per heavy atom. The van der Waals surface area contributed by atoms with Gasteiger partial charge in [-0.05, 0) is 37.0 Å². The summed E-state index contributed by atoms with van der Waals surface area (Å²) < 4.78 is 13.3. The highest BCUT2D eigenvalue weighted by atomic mass is 19.1. The monoisotopic (exact) mass is 194 g/mol. The minimum absolute atomic E-state index is 0.0114. The van der Waals surface area contributed by atoms with Gasteiger partial charge in [0.2, 0.25) is 0 Å². The van der Waals surface area contributed by atoms with Crippen molar-refractivity contribution in [1.82, 2.24) is 0 Å². The number of phenols is 1. The predicted molar refractivity (Wildman–Crippen MR) is 50.1 cm³/mol. The molecule has 0 radical (unpaired) electrons. The maximum absolute atomic E-state index is 13.3.